The number of oxime groups is 1. The zero-order chi connectivity index (χ0) is 17.5. The van der Waals surface area contributed by atoms with Crippen molar-refractivity contribution in [2.45, 2.75) is 26.4 Å². The van der Waals surface area contributed by atoms with Crippen molar-refractivity contribution < 1.29 is 23.9 Å². The lowest BCUT2D eigenvalue weighted by molar-refractivity contribution is -0.132. The van der Waals surface area contributed by atoms with Gasteiger partial charge in [0, 0.05) is 11.5 Å². The lowest BCUT2D eigenvalue weighted by Gasteiger charge is -2.18. The number of carbonyl (C=O) groups excluding carboxylic acids is 2. The fourth-order valence-corrected chi connectivity index (χ4v) is 1.72. The van der Waals surface area contributed by atoms with E-state index in [0.29, 0.717) is 0 Å². The molecule has 0 aliphatic heterocycles. The molecule has 0 aromatic carbocycles. The SMILES string of the molecule is C#CCON=C(C(=O)OC)c1nsc(NC(=O)OC(C)(C)C)n1. The Kier molecular flexibility index (Phi) is 6.47. The fraction of sp³-hybridized carbons (Fsp3) is 0.462. The zero-order valence-corrected chi connectivity index (χ0v) is 13.9. The minimum Gasteiger partial charge on any atom is -0.464 e. The van der Waals surface area contributed by atoms with Crippen molar-refractivity contribution in [1.82, 2.24) is 9.36 Å². The van der Waals surface area contributed by atoms with E-state index >= 15 is 0 Å². The number of nitrogens with zero attached hydrogens (tertiary/aromatic N) is 3. The highest BCUT2D eigenvalue weighted by molar-refractivity contribution is 7.10. The van der Waals surface area contributed by atoms with E-state index in [9.17, 15) is 9.59 Å². The van der Waals surface area contributed by atoms with Crippen LogP contribution in [0.2, 0.25) is 0 Å². The first-order chi connectivity index (χ1) is 10.8. The highest BCUT2D eigenvalue weighted by Gasteiger charge is 2.23. The molecule has 23 heavy (non-hydrogen) atoms. The third-order valence-electron chi connectivity index (χ3n) is 1.93. The second-order valence-corrected chi connectivity index (χ2v) is 5.71. The molecule has 0 radical (unpaired) electrons. The summed E-state index contributed by atoms with van der Waals surface area (Å²) >= 11 is 0.842. The molecule has 9 nitrogen and oxygen atoms in total. The standard InChI is InChI=1S/C13H16N4O5S/c1-6-7-21-16-8(10(18)20-5)9-14-11(23-17-9)15-12(19)22-13(2,3)4/h1H,7H2,2-5H3,(H,14,15,17,19). The van der Waals surface area contributed by atoms with Crippen LogP contribution in [0, 0.1) is 12.3 Å². The quantitative estimate of drug-likeness (QED) is 0.283. The summed E-state index contributed by atoms with van der Waals surface area (Å²) in [6.45, 7) is 5.04. The average molecular weight is 340 g/mol. The van der Waals surface area contributed by atoms with Crippen molar-refractivity contribution in [3.05, 3.63) is 5.82 Å². The van der Waals surface area contributed by atoms with Gasteiger partial charge in [0.05, 0.1) is 7.11 Å². The van der Waals surface area contributed by atoms with Crippen LogP contribution in [0.5, 0.6) is 0 Å². The Balaban J connectivity index is 2.86. The van der Waals surface area contributed by atoms with Gasteiger partial charge in [-0.2, -0.15) is 9.36 Å². The monoisotopic (exact) mass is 340 g/mol. The van der Waals surface area contributed by atoms with Gasteiger partial charge in [-0.15, -0.1) is 6.42 Å². The number of methoxy groups -OCH3 is 1. The summed E-state index contributed by atoms with van der Waals surface area (Å²) in [6.07, 6.45) is 4.33. The van der Waals surface area contributed by atoms with Gasteiger partial charge < -0.3 is 14.3 Å². The summed E-state index contributed by atoms with van der Waals surface area (Å²) < 4.78 is 13.6. The number of amides is 1. The van der Waals surface area contributed by atoms with Crippen LogP contribution in [0.1, 0.15) is 26.6 Å². The second-order valence-electron chi connectivity index (χ2n) is 4.96. The van der Waals surface area contributed by atoms with E-state index in [-0.39, 0.29) is 23.3 Å². The first kappa shape index (κ1) is 18.4. The van der Waals surface area contributed by atoms with Crippen molar-refractivity contribution in [3.63, 3.8) is 0 Å². The van der Waals surface area contributed by atoms with Gasteiger partial charge in [0.2, 0.25) is 16.7 Å². The van der Waals surface area contributed by atoms with Crippen molar-refractivity contribution in [2.24, 2.45) is 5.16 Å². The van der Waals surface area contributed by atoms with Crippen molar-refractivity contribution in [2.75, 3.05) is 19.0 Å². The molecule has 1 N–H and O–H groups in total. The molecular weight excluding hydrogens is 324 g/mol. The predicted molar refractivity (Wildman–Crippen MR) is 83.1 cm³/mol. The number of nitrogens with one attached hydrogen (secondary N) is 1. The average Bonchev–Trinajstić information content (AvgIpc) is 2.88. The molecule has 0 fully saturated rings. The summed E-state index contributed by atoms with van der Waals surface area (Å²) in [4.78, 5) is 32.0. The number of aromatic nitrogens is 2. The summed E-state index contributed by atoms with van der Waals surface area (Å²) in [6, 6.07) is 0. The minimum atomic E-state index is -0.802. The lowest BCUT2D eigenvalue weighted by Crippen LogP contribution is -2.27. The Morgan fingerprint density at radius 1 is 1.43 bits per heavy atom. The smallest absolute Gasteiger partial charge is 0.414 e. The highest BCUT2D eigenvalue weighted by atomic mass is 32.1. The molecule has 0 atom stereocenters. The number of ether oxygens (including phenoxy) is 2. The predicted octanol–water partition coefficient (Wildman–Crippen LogP) is 1.41. The van der Waals surface area contributed by atoms with Crippen LogP contribution in [0.4, 0.5) is 9.93 Å². The maximum absolute atomic E-state index is 11.7. The molecule has 0 bridgehead atoms. The third-order valence-corrected chi connectivity index (χ3v) is 2.56. The number of terminal acetylenes is 1. The van der Waals surface area contributed by atoms with E-state index in [1.807, 2.05) is 0 Å². The second kappa shape index (κ2) is 8.09. The topological polar surface area (TPSA) is 112 Å². The lowest BCUT2D eigenvalue weighted by atomic mass is 10.2. The van der Waals surface area contributed by atoms with E-state index in [1.165, 1.54) is 7.11 Å². The molecule has 0 aliphatic rings. The molecule has 1 aromatic rings. The van der Waals surface area contributed by atoms with E-state index < -0.39 is 17.7 Å². The van der Waals surface area contributed by atoms with Crippen LogP contribution in [0.3, 0.4) is 0 Å². The number of hydrogen-bond donors (Lipinski definition) is 1. The zero-order valence-electron chi connectivity index (χ0n) is 13.1. The third kappa shape index (κ3) is 6.31. The molecule has 0 unspecified atom stereocenters. The number of anilines is 1. The first-order valence-electron chi connectivity index (χ1n) is 6.32. The van der Waals surface area contributed by atoms with Crippen LogP contribution in [0.25, 0.3) is 0 Å². The van der Waals surface area contributed by atoms with Gasteiger partial charge in [-0.05, 0) is 20.8 Å². The molecule has 1 amide bonds. The summed E-state index contributed by atoms with van der Waals surface area (Å²) in [5.41, 5.74) is -0.921. The molecule has 0 saturated carbocycles. The van der Waals surface area contributed by atoms with Crippen molar-refractivity contribution >= 4 is 34.4 Å². The Morgan fingerprint density at radius 2 is 2.13 bits per heavy atom. The summed E-state index contributed by atoms with van der Waals surface area (Å²) in [5.74, 6) is 1.32. The molecule has 0 spiro atoms. The van der Waals surface area contributed by atoms with Crippen LogP contribution in [-0.2, 0) is 19.1 Å². The van der Waals surface area contributed by atoms with Crippen molar-refractivity contribution in [1.29, 1.82) is 0 Å². The largest absolute Gasteiger partial charge is 0.464 e. The van der Waals surface area contributed by atoms with Crippen LogP contribution >= 0.6 is 11.5 Å². The Labute approximate surface area is 137 Å². The molecule has 1 rings (SSSR count). The molecule has 0 aliphatic carbocycles. The molecular formula is C13H16N4O5S. The molecule has 1 heterocycles. The molecule has 1 aromatic heterocycles. The highest BCUT2D eigenvalue weighted by Crippen LogP contribution is 2.15. The van der Waals surface area contributed by atoms with Crippen molar-refractivity contribution in [3.8, 4) is 12.3 Å². The first-order valence-corrected chi connectivity index (χ1v) is 7.10. The Bertz CT molecular complexity index is 642. The van der Waals surface area contributed by atoms with E-state index in [2.05, 4.69) is 30.5 Å². The Hall–Kier alpha value is -2.67. The van der Waals surface area contributed by atoms with Gasteiger partial charge in [-0.1, -0.05) is 11.1 Å². The van der Waals surface area contributed by atoms with Gasteiger partial charge in [-0.3, -0.25) is 5.32 Å². The van der Waals surface area contributed by atoms with Gasteiger partial charge in [-0.25, -0.2) is 9.59 Å². The normalized spacial score (nSPS) is 11.3. The maximum atomic E-state index is 11.7. The minimum absolute atomic E-state index is 0.0649. The number of hydrogen-bond acceptors (Lipinski definition) is 9. The fourth-order valence-electron chi connectivity index (χ4n) is 1.16. The molecule has 0 saturated heterocycles. The van der Waals surface area contributed by atoms with E-state index in [1.54, 1.807) is 20.8 Å². The summed E-state index contributed by atoms with van der Waals surface area (Å²) in [7, 11) is 1.17. The number of esters is 1. The van der Waals surface area contributed by atoms with E-state index in [0.717, 1.165) is 11.5 Å². The van der Waals surface area contributed by atoms with Crippen LogP contribution in [-0.4, -0.2) is 46.4 Å². The van der Waals surface area contributed by atoms with Gasteiger partial charge in [0.25, 0.3) is 0 Å². The molecule has 124 valence electrons. The van der Waals surface area contributed by atoms with E-state index in [4.69, 9.17) is 16.0 Å². The number of carbonyl (C=O) groups is 2. The van der Waals surface area contributed by atoms with Gasteiger partial charge >= 0.3 is 12.1 Å². The van der Waals surface area contributed by atoms with Crippen LogP contribution in [0.15, 0.2) is 5.16 Å². The molecule has 10 heteroatoms. The maximum Gasteiger partial charge on any atom is 0.414 e. The van der Waals surface area contributed by atoms with Gasteiger partial charge in [0.1, 0.15) is 5.60 Å². The summed E-state index contributed by atoms with van der Waals surface area (Å²) in [5, 5.41) is 6.07. The van der Waals surface area contributed by atoms with Gasteiger partial charge in [0.15, 0.2) is 6.61 Å². The van der Waals surface area contributed by atoms with Crippen LogP contribution < -0.4 is 5.32 Å². The Morgan fingerprint density at radius 3 is 2.70 bits per heavy atom. The number of rotatable bonds is 5.